The molecule has 0 N–H and O–H groups in total. The molecule has 1 aromatic heterocycles. The Morgan fingerprint density at radius 2 is 1.92 bits per heavy atom. The highest BCUT2D eigenvalue weighted by molar-refractivity contribution is 7.99. The predicted octanol–water partition coefficient (Wildman–Crippen LogP) is 2.27. The molecule has 0 unspecified atom stereocenters. The first-order valence-electron chi connectivity index (χ1n) is 8.30. The van der Waals surface area contributed by atoms with Crippen LogP contribution in [-0.4, -0.2) is 63.2 Å². The van der Waals surface area contributed by atoms with Crippen LogP contribution in [0.5, 0.6) is 0 Å². The standard InChI is InChI=1S/C18H24N4OS/c1-15(24-2)18(23)21-10-8-20(9-11-21)13-16-12-19-22(14-16)17-6-4-3-5-7-17/h3-7,12,14-15H,8-11,13H2,1-2H3/t15-/m0/s1. The number of para-hydroxylation sites is 1. The summed E-state index contributed by atoms with van der Waals surface area (Å²) in [6, 6.07) is 10.1. The fourth-order valence-corrected chi connectivity index (χ4v) is 3.26. The minimum atomic E-state index is 0.0562. The molecule has 0 radical (unpaired) electrons. The summed E-state index contributed by atoms with van der Waals surface area (Å²) >= 11 is 1.61. The highest BCUT2D eigenvalue weighted by Crippen LogP contribution is 2.14. The molecule has 2 aromatic rings. The summed E-state index contributed by atoms with van der Waals surface area (Å²) in [6.07, 6.45) is 6.01. The van der Waals surface area contributed by atoms with Crippen molar-refractivity contribution in [3.05, 3.63) is 48.3 Å². The molecule has 1 aliphatic heterocycles. The molecule has 1 saturated heterocycles. The normalized spacial score (nSPS) is 17.0. The molecule has 0 aliphatic carbocycles. The van der Waals surface area contributed by atoms with Gasteiger partial charge in [0.05, 0.1) is 17.1 Å². The van der Waals surface area contributed by atoms with Crippen molar-refractivity contribution in [1.82, 2.24) is 19.6 Å². The molecule has 1 aromatic carbocycles. The molecule has 5 nitrogen and oxygen atoms in total. The zero-order valence-electron chi connectivity index (χ0n) is 14.3. The Bertz CT molecular complexity index is 665. The second kappa shape index (κ2) is 7.85. The van der Waals surface area contributed by atoms with Gasteiger partial charge in [0.1, 0.15) is 0 Å². The maximum atomic E-state index is 12.2. The molecule has 0 spiro atoms. The Balaban J connectivity index is 1.54. The van der Waals surface area contributed by atoms with E-state index in [-0.39, 0.29) is 11.2 Å². The van der Waals surface area contributed by atoms with Gasteiger partial charge in [-0.2, -0.15) is 16.9 Å². The number of carbonyl (C=O) groups excluding carboxylic acids is 1. The van der Waals surface area contributed by atoms with E-state index in [2.05, 4.69) is 16.2 Å². The van der Waals surface area contributed by atoms with Crippen molar-refractivity contribution >= 4 is 17.7 Å². The molecule has 6 heteroatoms. The van der Waals surface area contributed by atoms with E-state index in [1.807, 2.05) is 59.3 Å². The quantitative estimate of drug-likeness (QED) is 0.834. The number of aromatic nitrogens is 2. The molecule has 0 bridgehead atoms. The van der Waals surface area contributed by atoms with E-state index in [0.717, 1.165) is 38.4 Å². The zero-order chi connectivity index (χ0) is 16.9. The lowest BCUT2D eigenvalue weighted by Gasteiger charge is -2.35. The third-order valence-electron chi connectivity index (χ3n) is 4.45. The summed E-state index contributed by atoms with van der Waals surface area (Å²) in [5.41, 5.74) is 2.28. The SMILES string of the molecule is CS[C@@H](C)C(=O)N1CCN(Cc2cnn(-c3ccccc3)c2)CC1. The lowest BCUT2D eigenvalue weighted by atomic mass is 10.2. The summed E-state index contributed by atoms with van der Waals surface area (Å²) in [7, 11) is 0. The number of amides is 1. The molecule has 128 valence electrons. The van der Waals surface area contributed by atoms with Crippen LogP contribution in [0.1, 0.15) is 12.5 Å². The van der Waals surface area contributed by atoms with Crippen LogP contribution in [0, 0.1) is 0 Å². The van der Waals surface area contributed by atoms with E-state index in [1.165, 1.54) is 5.56 Å². The van der Waals surface area contributed by atoms with Crippen molar-refractivity contribution in [3.63, 3.8) is 0 Å². The van der Waals surface area contributed by atoms with E-state index in [1.54, 1.807) is 11.8 Å². The number of rotatable bonds is 5. The van der Waals surface area contributed by atoms with Crippen molar-refractivity contribution < 1.29 is 4.79 Å². The minimum Gasteiger partial charge on any atom is -0.339 e. The molecule has 1 aliphatic rings. The third-order valence-corrected chi connectivity index (χ3v) is 5.36. The topological polar surface area (TPSA) is 41.4 Å². The maximum absolute atomic E-state index is 12.2. The van der Waals surface area contributed by atoms with Crippen molar-refractivity contribution in [2.24, 2.45) is 0 Å². The van der Waals surface area contributed by atoms with Crippen LogP contribution in [0.3, 0.4) is 0 Å². The molecule has 24 heavy (non-hydrogen) atoms. The molecule has 1 fully saturated rings. The zero-order valence-corrected chi connectivity index (χ0v) is 15.1. The number of hydrogen-bond acceptors (Lipinski definition) is 4. The summed E-state index contributed by atoms with van der Waals surface area (Å²) in [6.45, 7) is 6.34. The smallest absolute Gasteiger partial charge is 0.235 e. The molecular weight excluding hydrogens is 320 g/mol. The second-order valence-corrected chi connectivity index (χ2v) is 7.29. The van der Waals surface area contributed by atoms with Gasteiger partial charge >= 0.3 is 0 Å². The van der Waals surface area contributed by atoms with Crippen LogP contribution in [-0.2, 0) is 11.3 Å². The first-order chi connectivity index (χ1) is 11.7. The molecule has 2 heterocycles. The average Bonchev–Trinajstić information content (AvgIpc) is 3.10. The highest BCUT2D eigenvalue weighted by Gasteiger charge is 2.24. The number of nitrogens with zero attached hydrogens (tertiary/aromatic N) is 4. The number of thioether (sulfide) groups is 1. The first-order valence-corrected chi connectivity index (χ1v) is 9.59. The number of piperazine rings is 1. The maximum Gasteiger partial charge on any atom is 0.235 e. The van der Waals surface area contributed by atoms with Gasteiger partial charge < -0.3 is 4.90 Å². The molecule has 1 atom stereocenters. The van der Waals surface area contributed by atoms with Gasteiger partial charge in [0.25, 0.3) is 0 Å². The van der Waals surface area contributed by atoms with Gasteiger partial charge in [-0.15, -0.1) is 0 Å². The Morgan fingerprint density at radius 1 is 1.21 bits per heavy atom. The lowest BCUT2D eigenvalue weighted by molar-refractivity contribution is -0.132. The fourth-order valence-electron chi connectivity index (χ4n) is 2.91. The van der Waals surface area contributed by atoms with E-state index < -0.39 is 0 Å². The van der Waals surface area contributed by atoms with E-state index in [4.69, 9.17) is 0 Å². The molecule has 1 amide bonds. The predicted molar refractivity (Wildman–Crippen MR) is 98.4 cm³/mol. The first kappa shape index (κ1) is 17.0. The monoisotopic (exact) mass is 344 g/mol. The van der Waals surface area contributed by atoms with Gasteiger partial charge in [-0.1, -0.05) is 18.2 Å². The van der Waals surface area contributed by atoms with E-state index >= 15 is 0 Å². The highest BCUT2D eigenvalue weighted by atomic mass is 32.2. The van der Waals surface area contributed by atoms with Gasteiger partial charge in [-0.25, -0.2) is 4.68 Å². The van der Waals surface area contributed by atoms with Crippen LogP contribution in [0.15, 0.2) is 42.7 Å². The second-order valence-electron chi connectivity index (χ2n) is 6.11. The lowest BCUT2D eigenvalue weighted by Crippen LogP contribution is -2.50. The molecule has 0 saturated carbocycles. The Morgan fingerprint density at radius 3 is 2.58 bits per heavy atom. The molecule has 3 rings (SSSR count). The Hall–Kier alpha value is -1.79. The van der Waals surface area contributed by atoms with Crippen LogP contribution >= 0.6 is 11.8 Å². The van der Waals surface area contributed by atoms with E-state index in [0.29, 0.717) is 0 Å². The largest absolute Gasteiger partial charge is 0.339 e. The van der Waals surface area contributed by atoms with Crippen LogP contribution in [0.4, 0.5) is 0 Å². The fraction of sp³-hybridized carbons (Fsp3) is 0.444. The van der Waals surface area contributed by atoms with Gasteiger partial charge in [-0.05, 0) is 25.3 Å². The number of benzene rings is 1. The number of carbonyl (C=O) groups is 1. The van der Waals surface area contributed by atoms with Gasteiger partial charge in [0.15, 0.2) is 0 Å². The van der Waals surface area contributed by atoms with Gasteiger partial charge in [0, 0.05) is 44.5 Å². The summed E-state index contributed by atoms with van der Waals surface area (Å²) in [5.74, 6) is 0.263. The number of hydrogen-bond donors (Lipinski definition) is 0. The van der Waals surface area contributed by atoms with Crippen molar-refractivity contribution in [3.8, 4) is 5.69 Å². The molecular formula is C18H24N4OS. The van der Waals surface area contributed by atoms with Crippen LogP contribution < -0.4 is 0 Å². The van der Waals surface area contributed by atoms with Gasteiger partial charge in [0.2, 0.25) is 5.91 Å². The Kier molecular flexibility index (Phi) is 5.58. The minimum absolute atomic E-state index is 0.0562. The summed E-state index contributed by atoms with van der Waals surface area (Å²) in [5, 5.41) is 4.51. The van der Waals surface area contributed by atoms with Crippen molar-refractivity contribution in [2.45, 2.75) is 18.7 Å². The summed E-state index contributed by atoms with van der Waals surface area (Å²) in [4.78, 5) is 16.6. The average molecular weight is 344 g/mol. The summed E-state index contributed by atoms with van der Waals surface area (Å²) < 4.78 is 1.91. The van der Waals surface area contributed by atoms with Crippen molar-refractivity contribution in [1.29, 1.82) is 0 Å². The van der Waals surface area contributed by atoms with Gasteiger partial charge in [-0.3, -0.25) is 9.69 Å². The van der Waals surface area contributed by atoms with Crippen LogP contribution in [0.25, 0.3) is 5.69 Å². The van der Waals surface area contributed by atoms with E-state index in [9.17, 15) is 4.79 Å². The Labute approximate surface area is 147 Å². The van der Waals surface area contributed by atoms with Crippen molar-refractivity contribution in [2.75, 3.05) is 32.4 Å². The van der Waals surface area contributed by atoms with Crippen LogP contribution in [0.2, 0.25) is 0 Å². The third kappa shape index (κ3) is 3.99.